The fourth-order valence-electron chi connectivity index (χ4n) is 1.53. The van der Waals surface area contributed by atoms with E-state index in [1.165, 1.54) is 23.9 Å². The number of carbonyl (C=O) groups is 1. The Morgan fingerprint density at radius 2 is 2.20 bits per heavy atom. The molecule has 6 heteroatoms. The van der Waals surface area contributed by atoms with Gasteiger partial charge in [-0.25, -0.2) is 0 Å². The van der Waals surface area contributed by atoms with Gasteiger partial charge in [-0.3, -0.25) is 9.78 Å². The number of nitrogens with one attached hydrogen (secondary N) is 1. The zero-order valence-electron chi connectivity index (χ0n) is 10.5. The summed E-state index contributed by atoms with van der Waals surface area (Å²) in [7, 11) is 0. The van der Waals surface area contributed by atoms with E-state index in [-0.39, 0.29) is 17.4 Å². The number of nitrogens with zero attached hydrogens (tertiary/aromatic N) is 1. The molecule has 4 nitrogen and oxygen atoms in total. The first-order valence-electron chi connectivity index (χ1n) is 5.91. The van der Waals surface area contributed by atoms with Crippen molar-refractivity contribution in [1.29, 1.82) is 0 Å². The zero-order chi connectivity index (χ0) is 14.4. The van der Waals surface area contributed by atoms with Crippen LogP contribution in [0.4, 0.5) is 5.69 Å². The highest BCUT2D eigenvalue weighted by molar-refractivity contribution is 7.99. The quantitative estimate of drug-likeness (QED) is 0.832. The Balaban J connectivity index is 1.82. The standard InChI is InChI=1S/C14H13ClN2O2S/c15-10-4-5-13(18)12(7-10)17-14(19)9-20-8-11-3-1-2-6-16-11/h1-7,18H,8-9H2,(H,17,19). The number of amides is 1. The Bertz CT molecular complexity index is 593. The lowest BCUT2D eigenvalue weighted by atomic mass is 10.3. The molecule has 2 rings (SSSR count). The molecule has 0 aliphatic rings. The summed E-state index contributed by atoms with van der Waals surface area (Å²) in [5.74, 6) is 0.749. The summed E-state index contributed by atoms with van der Waals surface area (Å²) in [5, 5.41) is 12.7. The molecule has 104 valence electrons. The van der Waals surface area contributed by atoms with Gasteiger partial charge in [0, 0.05) is 17.0 Å². The van der Waals surface area contributed by atoms with Crippen molar-refractivity contribution in [3.8, 4) is 5.75 Å². The molecule has 0 radical (unpaired) electrons. The molecule has 20 heavy (non-hydrogen) atoms. The van der Waals surface area contributed by atoms with Crippen LogP contribution in [0.1, 0.15) is 5.69 Å². The fourth-order valence-corrected chi connectivity index (χ4v) is 2.44. The molecular formula is C14H13ClN2O2S. The van der Waals surface area contributed by atoms with Gasteiger partial charge in [0.15, 0.2) is 0 Å². The lowest BCUT2D eigenvalue weighted by Gasteiger charge is -2.07. The molecule has 0 fully saturated rings. The van der Waals surface area contributed by atoms with E-state index >= 15 is 0 Å². The number of rotatable bonds is 5. The van der Waals surface area contributed by atoms with Crippen LogP contribution < -0.4 is 5.32 Å². The second kappa shape index (κ2) is 7.17. The van der Waals surface area contributed by atoms with Crippen LogP contribution in [-0.2, 0) is 10.5 Å². The number of aromatic hydroxyl groups is 1. The molecule has 0 saturated heterocycles. The van der Waals surface area contributed by atoms with Crippen molar-refractivity contribution in [2.24, 2.45) is 0 Å². The first kappa shape index (κ1) is 14.7. The average molecular weight is 309 g/mol. The number of phenolic OH excluding ortho intramolecular Hbond substituents is 1. The van der Waals surface area contributed by atoms with Crippen LogP contribution in [0.25, 0.3) is 0 Å². The van der Waals surface area contributed by atoms with Crippen molar-refractivity contribution in [1.82, 2.24) is 4.98 Å². The molecule has 1 aromatic carbocycles. The van der Waals surface area contributed by atoms with Gasteiger partial charge < -0.3 is 10.4 Å². The molecule has 0 aliphatic heterocycles. The number of hydrogen-bond donors (Lipinski definition) is 2. The number of halogens is 1. The van der Waals surface area contributed by atoms with Crippen molar-refractivity contribution in [2.45, 2.75) is 5.75 Å². The number of phenols is 1. The highest BCUT2D eigenvalue weighted by Crippen LogP contribution is 2.26. The van der Waals surface area contributed by atoms with E-state index in [1.807, 2.05) is 18.2 Å². The number of benzene rings is 1. The van der Waals surface area contributed by atoms with Crippen LogP contribution in [0, 0.1) is 0 Å². The highest BCUT2D eigenvalue weighted by atomic mass is 35.5. The molecule has 1 heterocycles. The average Bonchev–Trinajstić information content (AvgIpc) is 2.44. The Kier molecular flexibility index (Phi) is 5.26. The van der Waals surface area contributed by atoms with Crippen molar-refractivity contribution in [3.63, 3.8) is 0 Å². The maximum Gasteiger partial charge on any atom is 0.234 e. The van der Waals surface area contributed by atoms with Crippen molar-refractivity contribution in [3.05, 3.63) is 53.3 Å². The summed E-state index contributed by atoms with van der Waals surface area (Å²) in [4.78, 5) is 15.9. The fraction of sp³-hybridized carbons (Fsp3) is 0.143. The monoisotopic (exact) mass is 308 g/mol. The van der Waals surface area contributed by atoms with Crippen LogP contribution in [0.15, 0.2) is 42.6 Å². The second-order valence-corrected chi connectivity index (χ2v) is 5.45. The lowest BCUT2D eigenvalue weighted by molar-refractivity contribution is -0.113. The molecule has 0 saturated carbocycles. The van der Waals surface area contributed by atoms with Gasteiger partial charge in [-0.15, -0.1) is 11.8 Å². The summed E-state index contributed by atoms with van der Waals surface area (Å²) in [5.41, 5.74) is 1.25. The second-order valence-electron chi connectivity index (χ2n) is 4.02. The Morgan fingerprint density at radius 1 is 1.35 bits per heavy atom. The van der Waals surface area contributed by atoms with Crippen molar-refractivity contribution >= 4 is 35.0 Å². The van der Waals surface area contributed by atoms with Gasteiger partial charge >= 0.3 is 0 Å². The van der Waals surface area contributed by atoms with E-state index in [0.717, 1.165) is 5.69 Å². The maximum absolute atomic E-state index is 11.8. The van der Waals surface area contributed by atoms with Gasteiger partial charge in [-0.2, -0.15) is 0 Å². The van der Waals surface area contributed by atoms with E-state index in [4.69, 9.17) is 11.6 Å². The molecule has 1 aromatic heterocycles. The first-order valence-corrected chi connectivity index (χ1v) is 7.44. The Morgan fingerprint density at radius 3 is 2.95 bits per heavy atom. The summed E-state index contributed by atoms with van der Waals surface area (Å²) in [6.45, 7) is 0. The van der Waals surface area contributed by atoms with Crippen molar-refractivity contribution in [2.75, 3.05) is 11.1 Å². The van der Waals surface area contributed by atoms with Gasteiger partial charge in [-0.1, -0.05) is 17.7 Å². The molecule has 1 amide bonds. The van der Waals surface area contributed by atoms with Crippen LogP contribution >= 0.6 is 23.4 Å². The smallest absolute Gasteiger partial charge is 0.234 e. The van der Waals surface area contributed by atoms with E-state index in [0.29, 0.717) is 16.5 Å². The zero-order valence-corrected chi connectivity index (χ0v) is 12.1. The molecule has 2 N–H and O–H groups in total. The lowest BCUT2D eigenvalue weighted by Crippen LogP contribution is -2.14. The van der Waals surface area contributed by atoms with Gasteiger partial charge in [0.25, 0.3) is 0 Å². The number of hydrogen-bond acceptors (Lipinski definition) is 4. The molecular weight excluding hydrogens is 296 g/mol. The van der Waals surface area contributed by atoms with Crippen molar-refractivity contribution < 1.29 is 9.90 Å². The number of pyridine rings is 1. The summed E-state index contributed by atoms with van der Waals surface area (Å²) < 4.78 is 0. The third-order valence-electron chi connectivity index (χ3n) is 2.44. The van der Waals surface area contributed by atoms with Crippen LogP contribution in [0.3, 0.4) is 0 Å². The topological polar surface area (TPSA) is 62.2 Å². The molecule has 0 spiro atoms. The molecule has 0 atom stereocenters. The van der Waals surface area contributed by atoms with Crippen LogP contribution in [0.2, 0.25) is 5.02 Å². The summed E-state index contributed by atoms with van der Waals surface area (Å²) >= 11 is 7.26. The van der Waals surface area contributed by atoms with E-state index in [2.05, 4.69) is 10.3 Å². The van der Waals surface area contributed by atoms with Crippen LogP contribution in [-0.4, -0.2) is 21.8 Å². The normalized spacial score (nSPS) is 10.2. The number of anilines is 1. The van der Waals surface area contributed by atoms with Gasteiger partial charge in [0.1, 0.15) is 5.75 Å². The van der Waals surface area contributed by atoms with Gasteiger partial charge in [0.05, 0.1) is 17.1 Å². The minimum absolute atomic E-state index is 0.00234. The molecule has 0 bridgehead atoms. The largest absolute Gasteiger partial charge is 0.506 e. The third-order valence-corrected chi connectivity index (χ3v) is 3.64. The van der Waals surface area contributed by atoms with E-state index in [9.17, 15) is 9.90 Å². The van der Waals surface area contributed by atoms with Crippen LogP contribution in [0.5, 0.6) is 5.75 Å². The third kappa shape index (κ3) is 4.43. The van der Waals surface area contributed by atoms with Gasteiger partial charge in [-0.05, 0) is 30.3 Å². The highest BCUT2D eigenvalue weighted by Gasteiger charge is 2.07. The van der Waals surface area contributed by atoms with E-state index in [1.54, 1.807) is 12.3 Å². The Labute approximate surface area is 126 Å². The number of thioether (sulfide) groups is 1. The predicted octanol–water partition coefficient (Wildman–Crippen LogP) is 3.31. The Hall–Kier alpha value is -1.72. The molecule has 2 aromatic rings. The molecule has 0 aliphatic carbocycles. The van der Waals surface area contributed by atoms with E-state index < -0.39 is 0 Å². The number of aromatic nitrogens is 1. The SMILES string of the molecule is O=C(CSCc1ccccn1)Nc1cc(Cl)ccc1O. The first-order chi connectivity index (χ1) is 9.65. The predicted molar refractivity (Wildman–Crippen MR) is 82.1 cm³/mol. The maximum atomic E-state index is 11.8. The minimum Gasteiger partial charge on any atom is -0.506 e. The van der Waals surface area contributed by atoms with Gasteiger partial charge in [0.2, 0.25) is 5.91 Å². The summed E-state index contributed by atoms with van der Waals surface area (Å²) in [6.07, 6.45) is 1.72. The molecule has 0 unspecified atom stereocenters. The minimum atomic E-state index is -0.191. The number of carbonyl (C=O) groups excluding carboxylic acids is 1. The summed E-state index contributed by atoms with van der Waals surface area (Å²) in [6, 6.07) is 10.2.